The minimum absolute atomic E-state index is 0.0184. The summed E-state index contributed by atoms with van der Waals surface area (Å²) in [6, 6.07) is 22.5. The lowest BCUT2D eigenvalue weighted by Gasteiger charge is -2.16. The number of halogens is 1. The van der Waals surface area contributed by atoms with Crippen LogP contribution in [0.3, 0.4) is 0 Å². The molecule has 0 radical (unpaired) electrons. The second kappa shape index (κ2) is 10.3. The van der Waals surface area contributed by atoms with Crippen molar-refractivity contribution in [3.63, 3.8) is 0 Å². The van der Waals surface area contributed by atoms with E-state index >= 15 is 0 Å². The Labute approximate surface area is 175 Å². The van der Waals surface area contributed by atoms with Crippen LogP contribution in [0.5, 0.6) is 0 Å². The fourth-order valence-corrected chi connectivity index (χ4v) is 3.04. The first-order valence-corrected chi connectivity index (χ1v) is 9.73. The number of carbonyl (C=O) groups excluding carboxylic acids is 2. The second-order valence-corrected chi connectivity index (χ2v) is 6.89. The highest BCUT2D eigenvalue weighted by Gasteiger charge is 2.15. The summed E-state index contributed by atoms with van der Waals surface area (Å²) in [5, 5.41) is 8.62. The van der Waals surface area contributed by atoms with Gasteiger partial charge in [-0.2, -0.15) is 0 Å². The van der Waals surface area contributed by atoms with Gasteiger partial charge < -0.3 is 16.0 Å². The maximum atomic E-state index is 13.9. The third kappa shape index (κ3) is 5.75. The lowest BCUT2D eigenvalue weighted by Crippen LogP contribution is -2.31. The molecule has 30 heavy (non-hydrogen) atoms. The maximum Gasteiger partial charge on any atom is 0.253 e. The first-order valence-electron chi connectivity index (χ1n) is 9.73. The molecule has 0 saturated carbocycles. The molecule has 2 amide bonds. The van der Waals surface area contributed by atoms with Gasteiger partial charge in [0, 0.05) is 18.2 Å². The molecule has 0 aromatic heterocycles. The molecule has 0 aliphatic rings. The topological polar surface area (TPSA) is 70.2 Å². The van der Waals surface area contributed by atoms with E-state index in [4.69, 9.17) is 0 Å². The number of rotatable bonds is 8. The van der Waals surface area contributed by atoms with Crippen molar-refractivity contribution in [1.29, 1.82) is 0 Å². The maximum absolute atomic E-state index is 13.9. The Morgan fingerprint density at radius 3 is 2.33 bits per heavy atom. The summed E-state index contributed by atoms with van der Waals surface area (Å²) in [5.74, 6) is -0.915. The number of carbonyl (C=O) groups is 2. The Balaban J connectivity index is 1.58. The smallest absolute Gasteiger partial charge is 0.253 e. The SMILES string of the molecule is CC(NCC(=O)Nc1ccccc1C(=O)NCc1ccccc1)c1ccccc1F. The molecular weight excluding hydrogens is 381 g/mol. The first-order chi connectivity index (χ1) is 14.5. The summed E-state index contributed by atoms with van der Waals surface area (Å²) >= 11 is 0. The van der Waals surface area contributed by atoms with E-state index in [1.807, 2.05) is 30.3 Å². The fourth-order valence-electron chi connectivity index (χ4n) is 3.04. The minimum atomic E-state index is -0.332. The molecule has 3 aromatic carbocycles. The van der Waals surface area contributed by atoms with Crippen molar-refractivity contribution in [1.82, 2.24) is 10.6 Å². The number of amides is 2. The van der Waals surface area contributed by atoms with Gasteiger partial charge in [-0.3, -0.25) is 9.59 Å². The second-order valence-electron chi connectivity index (χ2n) is 6.89. The highest BCUT2D eigenvalue weighted by Crippen LogP contribution is 2.17. The Bertz CT molecular complexity index is 1010. The van der Waals surface area contributed by atoms with Crippen LogP contribution in [0.25, 0.3) is 0 Å². The van der Waals surface area contributed by atoms with Crippen LogP contribution in [0.1, 0.15) is 34.5 Å². The number of benzene rings is 3. The number of hydrogen-bond acceptors (Lipinski definition) is 3. The summed E-state index contributed by atoms with van der Waals surface area (Å²) in [5.41, 5.74) is 2.28. The van der Waals surface area contributed by atoms with E-state index in [1.54, 1.807) is 49.4 Å². The third-order valence-corrected chi connectivity index (χ3v) is 4.68. The van der Waals surface area contributed by atoms with Crippen molar-refractivity contribution < 1.29 is 14.0 Å². The molecule has 3 aromatic rings. The normalized spacial score (nSPS) is 11.5. The number of hydrogen-bond donors (Lipinski definition) is 3. The van der Waals surface area contributed by atoms with Gasteiger partial charge in [0.05, 0.1) is 17.8 Å². The lowest BCUT2D eigenvalue weighted by atomic mass is 10.1. The van der Waals surface area contributed by atoms with Crippen LogP contribution in [0.15, 0.2) is 78.9 Å². The highest BCUT2D eigenvalue weighted by molar-refractivity contribution is 6.04. The van der Waals surface area contributed by atoms with E-state index in [1.165, 1.54) is 6.07 Å². The molecule has 0 aliphatic heterocycles. The quantitative estimate of drug-likeness (QED) is 0.530. The van der Waals surface area contributed by atoms with Crippen molar-refractivity contribution in [2.24, 2.45) is 0 Å². The van der Waals surface area contributed by atoms with Gasteiger partial charge in [0.15, 0.2) is 0 Å². The molecule has 0 heterocycles. The van der Waals surface area contributed by atoms with Crippen LogP contribution in [0.4, 0.5) is 10.1 Å². The molecule has 0 aliphatic carbocycles. The predicted molar refractivity (Wildman–Crippen MR) is 116 cm³/mol. The zero-order valence-corrected chi connectivity index (χ0v) is 16.7. The summed E-state index contributed by atoms with van der Waals surface area (Å²) < 4.78 is 13.9. The molecule has 6 heteroatoms. The van der Waals surface area contributed by atoms with Gasteiger partial charge >= 0.3 is 0 Å². The fraction of sp³-hybridized carbons (Fsp3) is 0.167. The van der Waals surface area contributed by atoms with Gasteiger partial charge in [0.1, 0.15) is 5.82 Å². The Morgan fingerprint density at radius 1 is 0.900 bits per heavy atom. The standard InChI is InChI=1S/C24H24FN3O2/c1-17(19-11-5-7-13-21(19)25)26-16-23(29)28-22-14-8-6-12-20(22)24(30)27-15-18-9-3-2-4-10-18/h2-14,17,26H,15-16H2,1H3,(H,27,30)(H,28,29). The average Bonchev–Trinajstić information content (AvgIpc) is 2.77. The van der Waals surface area contributed by atoms with Crippen LogP contribution >= 0.6 is 0 Å². The largest absolute Gasteiger partial charge is 0.348 e. The molecule has 3 rings (SSSR count). The van der Waals surface area contributed by atoms with Gasteiger partial charge in [0.25, 0.3) is 5.91 Å². The number of nitrogens with one attached hydrogen (secondary N) is 3. The molecule has 0 spiro atoms. The van der Waals surface area contributed by atoms with Gasteiger partial charge in [-0.15, -0.1) is 0 Å². The van der Waals surface area contributed by atoms with Gasteiger partial charge in [-0.05, 0) is 30.7 Å². The van der Waals surface area contributed by atoms with Crippen molar-refractivity contribution in [3.8, 4) is 0 Å². The summed E-state index contributed by atoms with van der Waals surface area (Å²) in [6.07, 6.45) is 0. The Kier molecular flexibility index (Phi) is 7.29. The van der Waals surface area contributed by atoms with Crippen LogP contribution in [-0.4, -0.2) is 18.4 Å². The molecule has 0 fully saturated rings. The Morgan fingerprint density at radius 2 is 1.57 bits per heavy atom. The molecule has 5 nitrogen and oxygen atoms in total. The molecule has 1 atom stereocenters. The Hall–Kier alpha value is -3.51. The van der Waals surface area contributed by atoms with Crippen LogP contribution in [0, 0.1) is 5.82 Å². The molecule has 154 valence electrons. The van der Waals surface area contributed by atoms with Crippen LogP contribution in [-0.2, 0) is 11.3 Å². The molecule has 3 N–H and O–H groups in total. The number of para-hydroxylation sites is 1. The zero-order valence-electron chi connectivity index (χ0n) is 16.7. The van der Waals surface area contributed by atoms with Crippen LogP contribution < -0.4 is 16.0 Å². The van der Waals surface area contributed by atoms with Crippen molar-refractivity contribution in [2.75, 3.05) is 11.9 Å². The lowest BCUT2D eigenvalue weighted by molar-refractivity contribution is -0.115. The summed E-state index contributed by atoms with van der Waals surface area (Å²) in [7, 11) is 0. The summed E-state index contributed by atoms with van der Waals surface area (Å²) in [4.78, 5) is 25.0. The molecule has 0 saturated heterocycles. The van der Waals surface area contributed by atoms with Crippen molar-refractivity contribution in [2.45, 2.75) is 19.5 Å². The van der Waals surface area contributed by atoms with Crippen LogP contribution in [0.2, 0.25) is 0 Å². The molecular formula is C24H24FN3O2. The van der Waals surface area contributed by atoms with E-state index in [0.29, 0.717) is 23.4 Å². The van der Waals surface area contributed by atoms with Gasteiger partial charge in [-0.1, -0.05) is 60.7 Å². The molecule has 1 unspecified atom stereocenters. The van der Waals surface area contributed by atoms with E-state index in [0.717, 1.165) is 5.56 Å². The monoisotopic (exact) mass is 405 g/mol. The zero-order chi connectivity index (χ0) is 21.3. The minimum Gasteiger partial charge on any atom is -0.348 e. The highest BCUT2D eigenvalue weighted by atomic mass is 19.1. The third-order valence-electron chi connectivity index (χ3n) is 4.68. The van der Waals surface area contributed by atoms with E-state index in [9.17, 15) is 14.0 Å². The predicted octanol–water partition coefficient (Wildman–Crippen LogP) is 4.05. The van der Waals surface area contributed by atoms with Crippen molar-refractivity contribution in [3.05, 3.63) is 101 Å². The van der Waals surface area contributed by atoms with Gasteiger partial charge in [0.2, 0.25) is 5.91 Å². The number of anilines is 1. The van der Waals surface area contributed by atoms with E-state index < -0.39 is 0 Å². The van der Waals surface area contributed by atoms with E-state index in [-0.39, 0.29) is 30.2 Å². The van der Waals surface area contributed by atoms with E-state index in [2.05, 4.69) is 16.0 Å². The average molecular weight is 405 g/mol. The van der Waals surface area contributed by atoms with Gasteiger partial charge in [-0.25, -0.2) is 4.39 Å². The van der Waals surface area contributed by atoms with Crippen molar-refractivity contribution >= 4 is 17.5 Å². The molecule has 0 bridgehead atoms. The summed E-state index contributed by atoms with van der Waals surface area (Å²) in [6.45, 7) is 2.16. The first kappa shape index (κ1) is 21.2.